The molecule has 0 saturated carbocycles. The number of nitrogens with one attached hydrogen (secondary N) is 1. The molecular formula is C16H20N4O3S2. The molecule has 0 radical (unpaired) electrons. The van der Waals surface area contributed by atoms with E-state index in [9.17, 15) is 9.59 Å². The molecule has 2 aromatic rings. The Kier molecular flexibility index (Phi) is 5.43. The van der Waals surface area contributed by atoms with Crippen LogP contribution in [0.15, 0.2) is 11.5 Å². The Balaban J connectivity index is 1.77. The number of aryl methyl sites for hydroxylation is 2. The van der Waals surface area contributed by atoms with Gasteiger partial charge < -0.3 is 14.6 Å². The average molecular weight is 380 g/mol. The molecule has 0 aliphatic heterocycles. The Morgan fingerprint density at radius 3 is 2.96 bits per heavy atom. The Bertz CT molecular complexity index is 799. The highest BCUT2D eigenvalue weighted by molar-refractivity contribution is 8.00. The highest BCUT2D eigenvalue weighted by Gasteiger charge is 2.29. The summed E-state index contributed by atoms with van der Waals surface area (Å²) in [6.45, 7) is 3.90. The summed E-state index contributed by atoms with van der Waals surface area (Å²) >= 11 is 2.81. The van der Waals surface area contributed by atoms with E-state index in [1.165, 1.54) is 28.0 Å². The molecule has 0 spiro atoms. The number of carbonyl (C=O) groups excluding carboxylic acids is 2. The number of aromatic nitrogens is 3. The number of anilines is 1. The van der Waals surface area contributed by atoms with E-state index in [0.717, 1.165) is 24.8 Å². The van der Waals surface area contributed by atoms with Crippen molar-refractivity contribution in [2.24, 2.45) is 7.05 Å². The second-order valence-electron chi connectivity index (χ2n) is 5.76. The number of thioether (sulfide) groups is 1. The minimum atomic E-state index is -0.366. The smallest absolute Gasteiger partial charge is 0.341 e. The molecule has 3 rings (SSSR count). The summed E-state index contributed by atoms with van der Waals surface area (Å²) in [4.78, 5) is 26.1. The van der Waals surface area contributed by atoms with Gasteiger partial charge in [-0.3, -0.25) is 4.79 Å². The molecule has 1 aliphatic carbocycles. The molecule has 0 aromatic carbocycles. The number of rotatable bonds is 6. The van der Waals surface area contributed by atoms with Gasteiger partial charge in [-0.25, -0.2) is 4.79 Å². The number of ether oxygens (including phenoxy) is 1. The van der Waals surface area contributed by atoms with E-state index in [4.69, 9.17) is 4.74 Å². The van der Waals surface area contributed by atoms with Crippen molar-refractivity contribution >= 4 is 40.0 Å². The summed E-state index contributed by atoms with van der Waals surface area (Å²) in [6.07, 6.45) is 4.44. The van der Waals surface area contributed by atoms with Crippen LogP contribution in [0, 0.1) is 0 Å². The molecule has 2 heterocycles. The molecule has 0 saturated heterocycles. The topological polar surface area (TPSA) is 86.1 Å². The van der Waals surface area contributed by atoms with Crippen LogP contribution < -0.4 is 5.32 Å². The zero-order chi connectivity index (χ0) is 18.0. The molecule has 1 aliphatic rings. The van der Waals surface area contributed by atoms with Gasteiger partial charge in [0.1, 0.15) is 11.3 Å². The minimum Gasteiger partial charge on any atom is -0.462 e. The van der Waals surface area contributed by atoms with Crippen molar-refractivity contribution in [3.05, 3.63) is 22.3 Å². The predicted molar refractivity (Wildman–Crippen MR) is 97.3 cm³/mol. The van der Waals surface area contributed by atoms with Crippen LogP contribution in [-0.2, 0) is 29.4 Å². The van der Waals surface area contributed by atoms with Crippen molar-refractivity contribution in [2.45, 2.75) is 43.5 Å². The van der Waals surface area contributed by atoms with Crippen molar-refractivity contribution in [1.82, 2.24) is 14.8 Å². The Hall–Kier alpha value is -1.87. The lowest BCUT2D eigenvalue weighted by atomic mass is 10.1. The second-order valence-corrected chi connectivity index (χ2v) is 8.17. The van der Waals surface area contributed by atoms with Crippen LogP contribution in [0.3, 0.4) is 0 Å². The van der Waals surface area contributed by atoms with Gasteiger partial charge in [-0.05, 0) is 38.7 Å². The Morgan fingerprint density at radius 2 is 2.28 bits per heavy atom. The Labute approximate surface area is 154 Å². The van der Waals surface area contributed by atoms with Crippen molar-refractivity contribution in [2.75, 3.05) is 11.9 Å². The van der Waals surface area contributed by atoms with Crippen LogP contribution in [0.25, 0.3) is 0 Å². The van der Waals surface area contributed by atoms with E-state index >= 15 is 0 Å². The van der Waals surface area contributed by atoms with E-state index < -0.39 is 0 Å². The van der Waals surface area contributed by atoms with Gasteiger partial charge in [-0.15, -0.1) is 21.5 Å². The van der Waals surface area contributed by atoms with Crippen LogP contribution in [0.2, 0.25) is 0 Å². The zero-order valence-electron chi connectivity index (χ0n) is 14.4. The van der Waals surface area contributed by atoms with E-state index in [1.807, 2.05) is 7.05 Å². The van der Waals surface area contributed by atoms with E-state index in [0.29, 0.717) is 22.3 Å². The standard InChI is InChI=1S/C16H20N4O3S2/c1-4-23-15(22)12-10-6-5-7-11(10)25-14(12)18-13(21)9(2)24-16-19-17-8-20(16)3/h8-9H,4-7H2,1-3H3,(H,18,21). The van der Waals surface area contributed by atoms with Gasteiger partial charge in [-0.1, -0.05) is 11.8 Å². The fourth-order valence-electron chi connectivity index (χ4n) is 2.72. The first-order chi connectivity index (χ1) is 12.0. The predicted octanol–water partition coefficient (Wildman–Crippen LogP) is 2.66. The number of carbonyl (C=O) groups is 2. The monoisotopic (exact) mass is 380 g/mol. The minimum absolute atomic E-state index is 0.168. The van der Waals surface area contributed by atoms with Crippen LogP contribution >= 0.6 is 23.1 Å². The summed E-state index contributed by atoms with van der Waals surface area (Å²) in [5.74, 6) is -0.524. The number of fused-ring (bicyclic) bond motifs is 1. The number of nitrogens with zero attached hydrogens (tertiary/aromatic N) is 3. The van der Waals surface area contributed by atoms with Crippen LogP contribution in [0.4, 0.5) is 5.00 Å². The molecule has 0 fully saturated rings. The lowest BCUT2D eigenvalue weighted by Crippen LogP contribution is -2.23. The zero-order valence-corrected chi connectivity index (χ0v) is 16.0. The molecule has 1 atom stereocenters. The van der Waals surface area contributed by atoms with Gasteiger partial charge in [0.05, 0.1) is 17.4 Å². The maximum atomic E-state index is 12.6. The number of hydrogen-bond donors (Lipinski definition) is 1. The molecule has 134 valence electrons. The normalized spacial score (nSPS) is 14.2. The second kappa shape index (κ2) is 7.57. The molecular weight excluding hydrogens is 360 g/mol. The molecule has 25 heavy (non-hydrogen) atoms. The van der Waals surface area contributed by atoms with Crippen molar-refractivity contribution in [3.8, 4) is 0 Å². The summed E-state index contributed by atoms with van der Waals surface area (Å²) in [6, 6.07) is 0. The molecule has 2 aromatic heterocycles. The number of esters is 1. The van der Waals surface area contributed by atoms with E-state index in [-0.39, 0.29) is 17.1 Å². The maximum Gasteiger partial charge on any atom is 0.341 e. The number of hydrogen-bond acceptors (Lipinski definition) is 7. The summed E-state index contributed by atoms with van der Waals surface area (Å²) in [7, 11) is 1.83. The third kappa shape index (κ3) is 3.72. The van der Waals surface area contributed by atoms with E-state index in [2.05, 4.69) is 15.5 Å². The first-order valence-electron chi connectivity index (χ1n) is 8.14. The van der Waals surface area contributed by atoms with Crippen molar-refractivity contribution < 1.29 is 14.3 Å². The average Bonchev–Trinajstić information content (AvgIpc) is 3.24. The molecule has 0 bridgehead atoms. The van der Waals surface area contributed by atoms with Gasteiger partial charge in [0.25, 0.3) is 0 Å². The molecule has 1 unspecified atom stereocenters. The van der Waals surface area contributed by atoms with Gasteiger partial charge in [-0.2, -0.15) is 0 Å². The third-order valence-corrected chi connectivity index (χ3v) is 6.31. The van der Waals surface area contributed by atoms with Gasteiger partial charge in [0, 0.05) is 11.9 Å². The van der Waals surface area contributed by atoms with Gasteiger partial charge >= 0.3 is 5.97 Å². The van der Waals surface area contributed by atoms with Crippen molar-refractivity contribution in [3.63, 3.8) is 0 Å². The number of amides is 1. The number of thiophene rings is 1. The highest BCUT2D eigenvalue weighted by Crippen LogP contribution is 2.39. The first kappa shape index (κ1) is 17.9. The van der Waals surface area contributed by atoms with E-state index in [1.54, 1.807) is 24.7 Å². The summed E-state index contributed by atoms with van der Waals surface area (Å²) < 4.78 is 6.95. The van der Waals surface area contributed by atoms with Gasteiger partial charge in [0.2, 0.25) is 5.91 Å². The first-order valence-corrected chi connectivity index (χ1v) is 9.84. The fourth-order valence-corrected chi connectivity index (χ4v) is 4.79. The summed E-state index contributed by atoms with van der Waals surface area (Å²) in [5, 5.41) is 11.6. The largest absolute Gasteiger partial charge is 0.462 e. The Morgan fingerprint density at radius 1 is 1.48 bits per heavy atom. The summed E-state index contributed by atoms with van der Waals surface area (Å²) in [5.41, 5.74) is 1.57. The maximum absolute atomic E-state index is 12.6. The third-order valence-electron chi connectivity index (χ3n) is 3.96. The fraction of sp³-hybridized carbons (Fsp3) is 0.500. The molecule has 1 amide bonds. The lowest BCUT2D eigenvalue weighted by Gasteiger charge is -2.12. The molecule has 7 nitrogen and oxygen atoms in total. The molecule has 9 heteroatoms. The van der Waals surface area contributed by atoms with Crippen LogP contribution in [-0.4, -0.2) is 38.5 Å². The SMILES string of the molecule is CCOC(=O)c1c(NC(=O)C(C)Sc2nncn2C)sc2c1CCC2. The van der Waals surface area contributed by atoms with Crippen LogP contribution in [0.1, 0.15) is 41.1 Å². The van der Waals surface area contributed by atoms with Crippen molar-refractivity contribution in [1.29, 1.82) is 0 Å². The highest BCUT2D eigenvalue weighted by atomic mass is 32.2. The van der Waals surface area contributed by atoms with Gasteiger partial charge in [0.15, 0.2) is 5.16 Å². The lowest BCUT2D eigenvalue weighted by molar-refractivity contribution is -0.115. The molecule has 1 N–H and O–H groups in total. The quantitative estimate of drug-likeness (QED) is 0.612. The van der Waals surface area contributed by atoms with Crippen LogP contribution in [0.5, 0.6) is 0 Å².